The van der Waals surface area contributed by atoms with E-state index in [1.54, 1.807) is 17.3 Å². The summed E-state index contributed by atoms with van der Waals surface area (Å²) in [5.74, 6) is 0.0302. The number of nitrogens with zero attached hydrogens (tertiary/aromatic N) is 2. The monoisotopic (exact) mass is 289 g/mol. The highest BCUT2D eigenvalue weighted by atomic mass is 16.2. The number of nitrogens with one attached hydrogen (secondary N) is 1. The van der Waals surface area contributed by atoms with Gasteiger partial charge in [-0.25, -0.2) is 0 Å². The van der Waals surface area contributed by atoms with Crippen molar-refractivity contribution in [3.05, 3.63) is 30.1 Å². The van der Waals surface area contributed by atoms with Gasteiger partial charge in [0.05, 0.1) is 0 Å². The standard InChI is InChI=1S/C16H23N3O2/c1-3-5-13-16(21)19(14(4-2)15(20)18-13)11-8-12-6-9-17-10-7-12/h6-7,9-10,13-14H,3-5,8,11H2,1-2H3,(H,18,20). The summed E-state index contributed by atoms with van der Waals surface area (Å²) in [7, 11) is 0. The van der Waals surface area contributed by atoms with Gasteiger partial charge in [-0.05, 0) is 37.0 Å². The van der Waals surface area contributed by atoms with E-state index in [-0.39, 0.29) is 23.9 Å². The van der Waals surface area contributed by atoms with Crippen molar-refractivity contribution in [1.82, 2.24) is 15.2 Å². The molecule has 1 N–H and O–H groups in total. The second-order valence-electron chi connectivity index (χ2n) is 5.41. The number of rotatable bonds is 6. The third kappa shape index (κ3) is 3.60. The summed E-state index contributed by atoms with van der Waals surface area (Å²) >= 11 is 0. The molecule has 0 aromatic carbocycles. The highest BCUT2D eigenvalue weighted by molar-refractivity contribution is 5.96. The minimum Gasteiger partial charge on any atom is -0.343 e. The second-order valence-corrected chi connectivity index (χ2v) is 5.41. The fourth-order valence-electron chi connectivity index (χ4n) is 2.78. The maximum Gasteiger partial charge on any atom is 0.245 e. The van der Waals surface area contributed by atoms with Crippen LogP contribution < -0.4 is 5.32 Å². The van der Waals surface area contributed by atoms with Crippen LogP contribution in [-0.4, -0.2) is 40.3 Å². The van der Waals surface area contributed by atoms with Crippen molar-refractivity contribution in [1.29, 1.82) is 0 Å². The molecule has 0 aliphatic carbocycles. The van der Waals surface area contributed by atoms with Crippen molar-refractivity contribution in [3.63, 3.8) is 0 Å². The van der Waals surface area contributed by atoms with Gasteiger partial charge in [0.25, 0.3) is 0 Å². The van der Waals surface area contributed by atoms with Crippen LogP contribution in [0, 0.1) is 0 Å². The van der Waals surface area contributed by atoms with Crippen molar-refractivity contribution in [2.24, 2.45) is 0 Å². The maximum absolute atomic E-state index is 12.6. The summed E-state index contributed by atoms with van der Waals surface area (Å²) in [5.41, 5.74) is 1.13. The van der Waals surface area contributed by atoms with Gasteiger partial charge in [-0.15, -0.1) is 0 Å². The normalized spacial score (nSPS) is 22.3. The Morgan fingerprint density at radius 2 is 1.95 bits per heavy atom. The van der Waals surface area contributed by atoms with E-state index in [4.69, 9.17) is 0 Å². The molecule has 0 saturated carbocycles. The summed E-state index contributed by atoms with van der Waals surface area (Å²) in [5, 5.41) is 2.86. The van der Waals surface area contributed by atoms with Crippen LogP contribution >= 0.6 is 0 Å². The van der Waals surface area contributed by atoms with Gasteiger partial charge in [-0.2, -0.15) is 0 Å². The fourth-order valence-corrected chi connectivity index (χ4v) is 2.78. The lowest BCUT2D eigenvalue weighted by Gasteiger charge is -2.38. The molecule has 0 spiro atoms. The topological polar surface area (TPSA) is 62.3 Å². The molecule has 1 aliphatic heterocycles. The summed E-state index contributed by atoms with van der Waals surface area (Å²) in [4.78, 5) is 30.5. The molecular weight excluding hydrogens is 266 g/mol. The van der Waals surface area contributed by atoms with Crippen LogP contribution in [0.3, 0.4) is 0 Å². The van der Waals surface area contributed by atoms with E-state index in [1.807, 2.05) is 26.0 Å². The molecule has 2 atom stereocenters. The molecule has 0 radical (unpaired) electrons. The second kappa shape index (κ2) is 7.20. The fraction of sp³-hybridized carbons (Fsp3) is 0.562. The number of aromatic nitrogens is 1. The molecule has 114 valence electrons. The Kier molecular flexibility index (Phi) is 5.31. The van der Waals surface area contributed by atoms with Crippen molar-refractivity contribution < 1.29 is 9.59 Å². The number of carbonyl (C=O) groups is 2. The maximum atomic E-state index is 12.6. The highest BCUT2D eigenvalue weighted by Crippen LogP contribution is 2.16. The number of hydrogen-bond donors (Lipinski definition) is 1. The van der Waals surface area contributed by atoms with Gasteiger partial charge in [-0.1, -0.05) is 20.3 Å². The molecule has 1 aliphatic rings. The SMILES string of the molecule is CCCC1NC(=O)C(CC)N(CCc2ccncc2)C1=O. The Morgan fingerprint density at radius 1 is 1.24 bits per heavy atom. The lowest BCUT2D eigenvalue weighted by Crippen LogP contribution is -2.63. The first-order chi connectivity index (χ1) is 10.2. The van der Waals surface area contributed by atoms with E-state index < -0.39 is 0 Å². The van der Waals surface area contributed by atoms with Crippen LogP contribution in [0.5, 0.6) is 0 Å². The Hall–Kier alpha value is -1.91. The molecule has 0 bridgehead atoms. The van der Waals surface area contributed by atoms with Gasteiger partial charge in [0, 0.05) is 18.9 Å². The van der Waals surface area contributed by atoms with Crippen molar-refractivity contribution in [3.8, 4) is 0 Å². The smallest absolute Gasteiger partial charge is 0.245 e. The molecular formula is C16H23N3O2. The van der Waals surface area contributed by atoms with Gasteiger partial charge >= 0.3 is 0 Å². The molecule has 2 amide bonds. The van der Waals surface area contributed by atoms with Crippen LogP contribution in [0.2, 0.25) is 0 Å². The number of pyridine rings is 1. The zero-order valence-corrected chi connectivity index (χ0v) is 12.7. The highest BCUT2D eigenvalue weighted by Gasteiger charge is 2.38. The molecule has 5 heteroatoms. The molecule has 2 unspecified atom stereocenters. The van der Waals surface area contributed by atoms with Crippen LogP contribution in [0.15, 0.2) is 24.5 Å². The lowest BCUT2D eigenvalue weighted by molar-refractivity contribution is -0.149. The zero-order chi connectivity index (χ0) is 15.2. The average molecular weight is 289 g/mol. The minimum absolute atomic E-state index is 0.0229. The largest absolute Gasteiger partial charge is 0.343 e. The molecule has 1 aromatic heterocycles. The third-order valence-corrected chi connectivity index (χ3v) is 3.93. The summed E-state index contributed by atoms with van der Waals surface area (Å²) in [6, 6.07) is 3.19. The number of amides is 2. The lowest BCUT2D eigenvalue weighted by atomic mass is 10.0. The van der Waals surface area contributed by atoms with E-state index in [0.29, 0.717) is 19.4 Å². The van der Waals surface area contributed by atoms with Crippen LogP contribution in [0.25, 0.3) is 0 Å². The van der Waals surface area contributed by atoms with Gasteiger partial charge in [0.15, 0.2) is 0 Å². The number of carbonyl (C=O) groups excluding carboxylic acids is 2. The van der Waals surface area contributed by atoms with Gasteiger partial charge in [0.1, 0.15) is 12.1 Å². The quantitative estimate of drug-likeness (QED) is 0.864. The van der Waals surface area contributed by atoms with Crippen molar-refractivity contribution in [2.75, 3.05) is 6.54 Å². The molecule has 5 nitrogen and oxygen atoms in total. The number of piperazine rings is 1. The van der Waals surface area contributed by atoms with E-state index in [1.165, 1.54) is 0 Å². The van der Waals surface area contributed by atoms with Crippen LogP contribution in [0.1, 0.15) is 38.7 Å². The molecule has 1 saturated heterocycles. The first kappa shape index (κ1) is 15.5. The van der Waals surface area contributed by atoms with Crippen molar-refractivity contribution >= 4 is 11.8 Å². The molecule has 1 fully saturated rings. The Morgan fingerprint density at radius 3 is 2.57 bits per heavy atom. The van der Waals surface area contributed by atoms with E-state index in [2.05, 4.69) is 10.3 Å². The molecule has 2 rings (SSSR count). The van der Waals surface area contributed by atoms with Crippen LogP contribution in [0.4, 0.5) is 0 Å². The average Bonchev–Trinajstić information content (AvgIpc) is 2.50. The van der Waals surface area contributed by atoms with Gasteiger partial charge < -0.3 is 10.2 Å². The van der Waals surface area contributed by atoms with E-state index in [9.17, 15) is 9.59 Å². The first-order valence-electron chi connectivity index (χ1n) is 7.67. The molecule has 2 heterocycles. The predicted molar refractivity (Wildman–Crippen MR) is 80.6 cm³/mol. The first-order valence-corrected chi connectivity index (χ1v) is 7.67. The zero-order valence-electron chi connectivity index (χ0n) is 12.7. The summed E-state index contributed by atoms with van der Waals surface area (Å²) < 4.78 is 0. The predicted octanol–water partition coefficient (Wildman–Crippen LogP) is 1.53. The minimum atomic E-state index is -0.359. The molecule has 21 heavy (non-hydrogen) atoms. The van der Waals surface area contributed by atoms with Crippen LogP contribution in [-0.2, 0) is 16.0 Å². The van der Waals surface area contributed by atoms with Crippen molar-refractivity contribution in [2.45, 2.75) is 51.6 Å². The Balaban J connectivity index is 2.08. The van der Waals surface area contributed by atoms with E-state index >= 15 is 0 Å². The van der Waals surface area contributed by atoms with E-state index in [0.717, 1.165) is 18.4 Å². The number of hydrogen-bond acceptors (Lipinski definition) is 3. The third-order valence-electron chi connectivity index (χ3n) is 3.93. The van der Waals surface area contributed by atoms with Gasteiger partial charge in [-0.3, -0.25) is 14.6 Å². The Bertz CT molecular complexity index is 490. The molecule has 1 aromatic rings. The summed E-state index contributed by atoms with van der Waals surface area (Å²) in [6.45, 7) is 4.54. The summed E-state index contributed by atoms with van der Waals surface area (Å²) in [6.07, 6.45) is 6.47. The van der Waals surface area contributed by atoms with Gasteiger partial charge in [0.2, 0.25) is 11.8 Å². The Labute approximate surface area is 125 Å².